The van der Waals surface area contributed by atoms with Crippen molar-refractivity contribution in [3.05, 3.63) is 42.0 Å². The number of nitrogens with one attached hydrogen (secondary N) is 2. The van der Waals surface area contributed by atoms with E-state index >= 15 is 0 Å². The lowest BCUT2D eigenvalue weighted by molar-refractivity contribution is -0.143. The molecule has 0 bridgehead atoms. The second-order valence-electron chi connectivity index (χ2n) is 7.72. The fraction of sp³-hybridized carbons (Fsp3) is 0.400. The molecular formula is C20H25N3O8. The molecular weight excluding hydrogens is 410 g/mol. The van der Waals surface area contributed by atoms with Crippen LogP contribution in [0.25, 0.3) is 0 Å². The van der Waals surface area contributed by atoms with Gasteiger partial charge in [-0.1, -0.05) is 12.1 Å². The quantitative estimate of drug-likeness (QED) is 0.239. The van der Waals surface area contributed by atoms with Crippen LogP contribution in [-0.4, -0.2) is 67.4 Å². The number of hydrogen-bond acceptors (Lipinski definition) is 7. The van der Waals surface area contributed by atoms with E-state index in [1.807, 2.05) is 0 Å². The number of hydrogen-bond donors (Lipinski definition) is 7. The third-order valence-electron chi connectivity index (χ3n) is 5.34. The number of benzene rings is 1. The molecule has 11 heteroatoms. The average molecular weight is 435 g/mol. The number of rotatable bonds is 9. The molecule has 2 amide bonds. The summed E-state index contributed by atoms with van der Waals surface area (Å²) in [6.45, 7) is 2.50. The van der Waals surface area contributed by atoms with Crippen LogP contribution >= 0.6 is 0 Å². The topological polar surface area (TPSA) is 199 Å². The summed E-state index contributed by atoms with van der Waals surface area (Å²) in [6.07, 6.45) is 0.275. The van der Waals surface area contributed by atoms with Gasteiger partial charge in [-0.3, -0.25) is 9.59 Å². The van der Waals surface area contributed by atoms with Crippen molar-refractivity contribution in [1.82, 2.24) is 10.6 Å². The van der Waals surface area contributed by atoms with Crippen molar-refractivity contribution in [1.29, 1.82) is 0 Å². The normalized spacial score (nSPS) is 23.9. The lowest BCUT2D eigenvalue weighted by atomic mass is 9.95. The van der Waals surface area contributed by atoms with Crippen LogP contribution in [0.4, 0.5) is 0 Å². The summed E-state index contributed by atoms with van der Waals surface area (Å²) < 4.78 is 0. The van der Waals surface area contributed by atoms with Crippen LogP contribution in [0.15, 0.2) is 36.4 Å². The van der Waals surface area contributed by atoms with Gasteiger partial charge in [0.05, 0.1) is 6.10 Å². The van der Waals surface area contributed by atoms with Crippen LogP contribution in [0.3, 0.4) is 0 Å². The number of nitrogens with two attached hydrogens (primary N) is 1. The Hall–Kier alpha value is -3.44. The van der Waals surface area contributed by atoms with E-state index in [9.17, 15) is 34.5 Å². The number of aliphatic carboxylic acids is 2. The molecule has 0 aromatic heterocycles. The minimum absolute atomic E-state index is 0.00103. The Morgan fingerprint density at radius 2 is 1.81 bits per heavy atom. The zero-order valence-corrected chi connectivity index (χ0v) is 16.9. The van der Waals surface area contributed by atoms with E-state index in [0.29, 0.717) is 11.6 Å². The van der Waals surface area contributed by atoms with Crippen molar-refractivity contribution < 1.29 is 39.6 Å². The summed E-state index contributed by atoms with van der Waals surface area (Å²) >= 11 is 0. The Bertz CT molecular complexity index is 910. The predicted octanol–water partition coefficient (Wildman–Crippen LogP) is -0.957. The molecule has 1 aliphatic rings. The van der Waals surface area contributed by atoms with Gasteiger partial charge in [-0.05, 0) is 44.0 Å². The van der Waals surface area contributed by atoms with Crippen molar-refractivity contribution >= 4 is 23.8 Å². The molecule has 1 aromatic rings. The number of phenols is 1. The highest BCUT2D eigenvalue weighted by atomic mass is 16.4. The van der Waals surface area contributed by atoms with Crippen LogP contribution in [0.5, 0.6) is 5.75 Å². The first-order valence-electron chi connectivity index (χ1n) is 9.34. The van der Waals surface area contributed by atoms with Crippen molar-refractivity contribution in [2.75, 3.05) is 0 Å². The first-order valence-corrected chi connectivity index (χ1v) is 9.34. The first kappa shape index (κ1) is 23.8. The number of aliphatic hydroxyl groups excluding tert-OH is 1. The fourth-order valence-corrected chi connectivity index (χ4v) is 2.96. The van der Waals surface area contributed by atoms with Gasteiger partial charge in [0.25, 0.3) is 0 Å². The number of aliphatic hydroxyl groups is 1. The average Bonchev–Trinajstić information content (AvgIpc) is 3.40. The molecule has 1 fully saturated rings. The molecule has 4 unspecified atom stereocenters. The van der Waals surface area contributed by atoms with Crippen LogP contribution in [-0.2, 0) is 19.2 Å². The van der Waals surface area contributed by atoms with Crippen LogP contribution in [0.2, 0.25) is 0 Å². The predicted molar refractivity (Wildman–Crippen MR) is 107 cm³/mol. The Labute approximate surface area is 177 Å². The number of carbonyl (C=O) groups excluding carboxylic acids is 2. The molecule has 168 valence electrons. The maximum atomic E-state index is 12.8. The highest BCUT2D eigenvalue weighted by molar-refractivity contribution is 5.98. The second-order valence-corrected chi connectivity index (χ2v) is 7.72. The summed E-state index contributed by atoms with van der Waals surface area (Å²) in [5.74, 6) is -5.19. The van der Waals surface area contributed by atoms with Gasteiger partial charge in [0.2, 0.25) is 11.8 Å². The maximum Gasteiger partial charge on any atom is 0.330 e. The van der Waals surface area contributed by atoms with E-state index in [1.165, 1.54) is 38.1 Å². The molecule has 8 N–H and O–H groups in total. The highest BCUT2D eigenvalue weighted by Crippen LogP contribution is 2.51. The lowest BCUT2D eigenvalue weighted by Gasteiger charge is -2.28. The monoisotopic (exact) mass is 435 g/mol. The van der Waals surface area contributed by atoms with Gasteiger partial charge in [-0.25, -0.2) is 9.59 Å². The summed E-state index contributed by atoms with van der Waals surface area (Å²) in [6, 6.07) is 4.28. The van der Waals surface area contributed by atoms with Crippen molar-refractivity contribution in [3.8, 4) is 5.75 Å². The highest BCUT2D eigenvalue weighted by Gasteiger charge is 2.62. The second kappa shape index (κ2) is 8.74. The van der Waals surface area contributed by atoms with E-state index < -0.39 is 52.9 Å². The van der Waals surface area contributed by atoms with Gasteiger partial charge in [0.1, 0.15) is 22.9 Å². The molecule has 1 saturated carbocycles. The molecule has 5 atom stereocenters. The van der Waals surface area contributed by atoms with Gasteiger partial charge in [0.15, 0.2) is 0 Å². The Kier molecular flexibility index (Phi) is 6.72. The zero-order chi connectivity index (χ0) is 23.6. The van der Waals surface area contributed by atoms with Crippen LogP contribution < -0.4 is 16.4 Å². The molecule has 0 spiro atoms. The molecule has 1 aliphatic carbocycles. The van der Waals surface area contributed by atoms with Crippen LogP contribution in [0.1, 0.15) is 31.7 Å². The molecule has 0 aliphatic heterocycles. The smallest absolute Gasteiger partial charge is 0.330 e. The van der Waals surface area contributed by atoms with Crippen LogP contribution in [0, 0.1) is 0 Å². The number of amides is 2. The number of aromatic hydroxyl groups is 1. The number of carbonyl (C=O) groups is 4. The number of phenolic OH excluding ortho intramolecular Hbond substituents is 1. The molecule has 0 saturated heterocycles. The third kappa shape index (κ3) is 5.19. The molecule has 0 radical (unpaired) electrons. The number of carboxylic acid groups (broad SMARTS) is 2. The van der Waals surface area contributed by atoms with E-state index in [-0.39, 0.29) is 12.2 Å². The molecule has 2 rings (SSSR count). The van der Waals surface area contributed by atoms with Crippen molar-refractivity contribution in [2.24, 2.45) is 5.73 Å². The summed E-state index contributed by atoms with van der Waals surface area (Å²) in [5.41, 5.74) is 2.89. The van der Waals surface area contributed by atoms with Crippen molar-refractivity contribution in [2.45, 2.75) is 49.4 Å². The van der Waals surface area contributed by atoms with E-state index in [1.54, 1.807) is 0 Å². The molecule has 11 nitrogen and oxygen atoms in total. The van der Waals surface area contributed by atoms with Gasteiger partial charge in [-0.15, -0.1) is 0 Å². The summed E-state index contributed by atoms with van der Waals surface area (Å²) in [4.78, 5) is 48.0. The minimum Gasteiger partial charge on any atom is -0.508 e. The van der Waals surface area contributed by atoms with E-state index in [0.717, 1.165) is 6.08 Å². The Morgan fingerprint density at radius 1 is 1.23 bits per heavy atom. The molecule has 31 heavy (non-hydrogen) atoms. The van der Waals surface area contributed by atoms with Gasteiger partial charge >= 0.3 is 11.9 Å². The number of carboxylic acids is 2. The van der Waals surface area contributed by atoms with E-state index in [2.05, 4.69) is 10.6 Å². The Balaban J connectivity index is 2.25. The Morgan fingerprint density at radius 3 is 2.29 bits per heavy atom. The first-order chi connectivity index (χ1) is 14.3. The molecule has 1 aromatic carbocycles. The maximum absolute atomic E-state index is 12.8. The third-order valence-corrected chi connectivity index (χ3v) is 5.34. The molecule has 0 heterocycles. The summed E-state index contributed by atoms with van der Waals surface area (Å²) in [7, 11) is 0. The summed E-state index contributed by atoms with van der Waals surface area (Å²) in [5, 5.41) is 42.3. The van der Waals surface area contributed by atoms with Gasteiger partial charge in [0, 0.05) is 12.0 Å². The largest absolute Gasteiger partial charge is 0.508 e. The lowest BCUT2D eigenvalue weighted by Crippen LogP contribution is -2.62. The SMILES string of the molecule is CC(O)C(C)(N)C(=O)N[C@H](/C=C/C(=O)O)C(=O)NC1(C(=O)O)CC1c1ccc(O)cc1. The van der Waals surface area contributed by atoms with Gasteiger partial charge < -0.3 is 36.8 Å². The minimum atomic E-state index is -1.78. The van der Waals surface area contributed by atoms with Crippen molar-refractivity contribution in [3.63, 3.8) is 0 Å². The van der Waals surface area contributed by atoms with Gasteiger partial charge in [-0.2, -0.15) is 0 Å². The fourth-order valence-electron chi connectivity index (χ4n) is 2.96. The van der Waals surface area contributed by atoms with E-state index in [4.69, 9.17) is 10.8 Å². The standard InChI is InChI=1S/C20H25N3O8/c1-10(24)19(2,21)17(29)22-14(7-8-15(26)27)16(28)23-20(18(30)31)9-13(20)11-3-5-12(25)6-4-11/h3-8,10,13-14,24-25H,9,21H2,1-2H3,(H,22,29)(H,23,28)(H,26,27)(H,30,31)/b8-7+/t10?,13?,14-,19?,20?/m1/s1. The zero-order valence-electron chi connectivity index (χ0n) is 16.9.